The van der Waals surface area contributed by atoms with Gasteiger partial charge in [-0.3, -0.25) is 4.48 Å². The van der Waals surface area contributed by atoms with Gasteiger partial charge in [-0.05, 0) is 56.4 Å². The molecule has 1 saturated carbocycles. The van der Waals surface area contributed by atoms with Crippen molar-refractivity contribution in [2.45, 2.75) is 58.9 Å². The van der Waals surface area contributed by atoms with E-state index in [0.29, 0.717) is 6.04 Å². The Kier molecular flexibility index (Phi) is 4.53. The van der Waals surface area contributed by atoms with E-state index in [-0.39, 0.29) is 6.98 Å². The minimum absolute atomic E-state index is 0.213. The quantitative estimate of drug-likeness (QED) is 0.474. The maximum atomic E-state index is 2.77. The SMILES string of the molecule is Cc1cccc(C)c1B1N(C2CCCCC2)c2cccc(C)c2-c2n1cc[n+]2C. The van der Waals surface area contributed by atoms with E-state index in [1.165, 1.54) is 71.3 Å². The summed E-state index contributed by atoms with van der Waals surface area (Å²) in [5.74, 6) is 1.32. The Morgan fingerprint density at radius 2 is 1.55 bits per heavy atom. The molecule has 3 nitrogen and oxygen atoms in total. The maximum Gasteiger partial charge on any atom is 0.538 e. The number of hydrogen-bond donors (Lipinski definition) is 0. The van der Waals surface area contributed by atoms with Gasteiger partial charge in [0.1, 0.15) is 12.4 Å². The van der Waals surface area contributed by atoms with Gasteiger partial charge in [0, 0.05) is 17.2 Å². The minimum atomic E-state index is 0.213. The fourth-order valence-corrected chi connectivity index (χ4v) is 5.69. The standard InChI is InChI=1S/C25H31BN3/c1-18-10-9-15-22-23(18)25-27(4)16-17-28(25)26(24-19(2)11-8-12-20(24)3)29(22)21-13-6-5-7-14-21/h8-12,15-17,21H,5-7,13-14H2,1-4H3/q+1. The molecule has 0 atom stereocenters. The lowest BCUT2D eigenvalue weighted by Gasteiger charge is -2.42. The van der Waals surface area contributed by atoms with Gasteiger partial charge >= 0.3 is 6.98 Å². The highest BCUT2D eigenvalue weighted by Crippen LogP contribution is 2.40. The molecule has 1 aliphatic carbocycles. The van der Waals surface area contributed by atoms with Crippen LogP contribution in [0.5, 0.6) is 0 Å². The summed E-state index contributed by atoms with van der Waals surface area (Å²) in [5.41, 5.74) is 8.39. The van der Waals surface area contributed by atoms with Crippen LogP contribution in [-0.2, 0) is 7.05 Å². The van der Waals surface area contributed by atoms with Crippen molar-refractivity contribution in [1.29, 1.82) is 0 Å². The molecule has 0 unspecified atom stereocenters. The van der Waals surface area contributed by atoms with E-state index in [4.69, 9.17) is 0 Å². The Labute approximate surface area is 175 Å². The summed E-state index contributed by atoms with van der Waals surface area (Å²) < 4.78 is 4.82. The highest BCUT2D eigenvalue weighted by atomic mass is 15.3. The summed E-state index contributed by atoms with van der Waals surface area (Å²) in [6.07, 6.45) is 11.1. The van der Waals surface area contributed by atoms with Gasteiger partial charge in [-0.15, -0.1) is 0 Å². The number of imidazole rings is 1. The molecule has 0 bridgehead atoms. The van der Waals surface area contributed by atoms with E-state index in [1.807, 2.05) is 0 Å². The molecule has 3 aromatic rings. The number of rotatable bonds is 2. The minimum Gasteiger partial charge on any atom is -0.367 e. The summed E-state index contributed by atoms with van der Waals surface area (Å²) in [6, 6.07) is 14.2. The normalized spacial score (nSPS) is 16.7. The fraction of sp³-hybridized carbons (Fsp3) is 0.400. The Morgan fingerprint density at radius 3 is 2.28 bits per heavy atom. The van der Waals surface area contributed by atoms with Crippen LogP contribution in [0.1, 0.15) is 48.8 Å². The summed E-state index contributed by atoms with van der Waals surface area (Å²) >= 11 is 0. The van der Waals surface area contributed by atoms with Crippen molar-refractivity contribution in [1.82, 2.24) is 4.48 Å². The largest absolute Gasteiger partial charge is 0.538 e. The summed E-state index contributed by atoms with van der Waals surface area (Å²) in [6.45, 7) is 7.02. The first kappa shape index (κ1) is 18.5. The van der Waals surface area contributed by atoms with Crippen LogP contribution in [0.4, 0.5) is 5.69 Å². The summed E-state index contributed by atoms with van der Waals surface area (Å²) in [5, 5.41) is 0. The zero-order valence-corrected chi connectivity index (χ0v) is 18.2. The summed E-state index contributed by atoms with van der Waals surface area (Å²) in [4.78, 5) is 2.77. The molecule has 0 radical (unpaired) electrons. The number of nitrogens with zero attached hydrogens (tertiary/aromatic N) is 3. The number of fused-ring (bicyclic) bond motifs is 3. The molecule has 148 valence electrons. The predicted octanol–water partition coefficient (Wildman–Crippen LogP) is 4.30. The van der Waals surface area contributed by atoms with Gasteiger partial charge in [-0.25, -0.2) is 4.57 Å². The molecular weight excluding hydrogens is 353 g/mol. The number of anilines is 1. The Bertz CT molecular complexity index is 1040. The van der Waals surface area contributed by atoms with Gasteiger partial charge < -0.3 is 4.81 Å². The van der Waals surface area contributed by atoms with Crippen LogP contribution in [0.3, 0.4) is 0 Å². The van der Waals surface area contributed by atoms with E-state index < -0.39 is 0 Å². The number of aromatic nitrogens is 2. The predicted molar refractivity (Wildman–Crippen MR) is 122 cm³/mol. The molecule has 0 amide bonds. The van der Waals surface area contributed by atoms with Crippen molar-refractivity contribution in [2.24, 2.45) is 7.05 Å². The van der Waals surface area contributed by atoms with Gasteiger partial charge in [0.15, 0.2) is 0 Å². The van der Waals surface area contributed by atoms with Crippen LogP contribution < -0.4 is 14.8 Å². The van der Waals surface area contributed by atoms with E-state index in [0.717, 1.165) is 0 Å². The molecule has 1 aromatic heterocycles. The molecule has 1 fully saturated rings. The number of benzene rings is 2. The molecule has 2 heterocycles. The second kappa shape index (κ2) is 7.09. The first-order valence-electron chi connectivity index (χ1n) is 11.1. The summed E-state index contributed by atoms with van der Waals surface area (Å²) in [7, 11) is 2.18. The molecule has 5 rings (SSSR count). The van der Waals surface area contributed by atoms with Crippen molar-refractivity contribution in [3.63, 3.8) is 0 Å². The van der Waals surface area contributed by atoms with E-state index in [2.05, 4.69) is 90.5 Å². The van der Waals surface area contributed by atoms with Crippen molar-refractivity contribution in [3.8, 4) is 11.4 Å². The molecule has 0 spiro atoms. The first-order valence-corrected chi connectivity index (χ1v) is 11.1. The Morgan fingerprint density at radius 1 is 0.897 bits per heavy atom. The molecule has 0 N–H and O–H groups in total. The van der Waals surface area contributed by atoms with E-state index in [9.17, 15) is 0 Å². The lowest BCUT2D eigenvalue weighted by molar-refractivity contribution is -0.659. The van der Waals surface area contributed by atoms with Gasteiger partial charge in [-0.2, -0.15) is 0 Å². The molecule has 0 saturated heterocycles. The average molecular weight is 384 g/mol. The van der Waals surface area contributed by atoms with Crippen LogP contribution in [0.25, 0.3) is 11.4 Å². The Hall–Kier alpha value is -2.49. The second-order valence-electron chi connectivity index (χ2n) is 8.99. The van der Waals surface area contributed by atoms with E-state index >= 15 is 0 Å². The van der Waals surface area contributed by atoms with Crippen LogP contribution in [0, 0.1) is 20.8 Å². The number of hydrogen-bond acceptors (Lipinski definition) is 1. The van der Waals surface area contributed by atoms with Crippen LogP contribution in [0.2, 0.25) is 0 Å². The zero-order valence-electron chi connectivity index (χ0n) is 18.2. The smallest absolute Gasteiger partial charge is 0.367 e. The monoisotopic (exact) mass is 384 g/mol. The van der Waals surface area contributed by atoms with Crippen molar-refractivity contribution in [2.75, 3.05) is 4.81 Å². The van der Waals surface area contributed by atoms with Crippen molar-refractivity contribution < 1.29 is 4.57 Å². The van der Waals surface area contributed by atoms with Crippen molar-refractivity contribution >= 4 is 18.1 Å². The average Bonchev–Trinajstić information content (AvgIpc) is 3.10. The first-order chi connectivity index (χ1) is 14.1. The molecular formula is C25H31BN3+. The molecule has 2 aromatic carbocycles. The lowest BCUT2D eigenvalue weighted by Crippen LogP contribution is -2.62. The van der Waals surface area contributed by atoms with Gasteiger partial charge in [0.2, 0.25) is 0 Å². The van der Waals surface area contributed by atoms with Crippen LogP contribution in [-0.4, -0.2) is 17.5 Å². The van der Waals surface area contributed by atoms with E-state index in [1.54, 1.807) is 0 Å². The molecule has 1 aliphatic heterocycles. The molecule has 29 heavy (non-hydrogen) atoms. The molecule has 2 aliphatic rings. The number of aryl methyl sites for hydroxylation is 4. The maximum absolute atomic E-state index is 2.77. The van der Waals surface area contributed by atoms with Gasteiger partial charge in [0.05, 0.1) is 12.6 Å². The third kappa shape index (κ3) is 2.84. The third-order valence-corrected chi connectivity index (χ3v) is 7.08. The van der Waals surface area contributed by atoms with Gasteiger partial charge in [-0.1, -0.05) is 49.6 Å². The third-order valence-electron chi connectivity index (χ3n) is 7.08. The second-order valence-corrected chi connectivity index (χ2v) is 8.99. The lowest BCUT2D eigenvalue weighted by atomic mass is 9.58. The Balaban J connectivity index is 1.82. The van der Waals surface area contributed by atoms with Crippen molar-refractivity contribution in [3.05, 3.63) is 65.5 Å². The van der Waals surface area contributed by atoms with Crippen LogP contribution in [0.15, 0.2) is 48.8 Å². The fourth-order valence-electron chi connectivity index (χ4n) is 5.69. The van der Waals surface area contributed by atoms with Gasteiger partial charge in [0.25, 0.3) is 5.82 Å². The van der Waals surface area contributed by atoms with Crippen LogP contribution >= 0.6 is 0 Å². The highest BCUT2D eigenvalue weighted by molar-refractivity contribution is 6.77. The topological polar surface area (TPSA) is 12.1 Å². The highest BCUT2D eigenvalue weighted by Gasteiger charge is 2.48. The zero-order chi connectivity index (χ0) is 20.1. The molecule has 4 heteroatoms.